The lowest BCUT2D eigenvalue weighted by atomic mass is 9.68. The van der Waals surface area contributed by atoms with Crippen molar-refractivity contribution in [2.24, 2.45) is 29.6 Å². The Labute approximate surface area is 83.4 Å². The van der Waals surface area contributed by atoms with Gasteiger partial charge in [0.15, 0.2) is 0 Å². The molecule has 0 aromatic carbocycles. The summed E-state index contributed by atoms with van der Waals surface area (Å²) in [6, 6.07) is 0. The summed E-state index contributed by atoms with van der Waals surface area (Å²) in [5.41, 5.74) is 0. The monoisotopic (exact) mass is 190 g/mol. The highest BCUT2D eigenvalue weighted by atomic mass is 16.1. The Hall–Kier alpha value is -0.920. The van der Waals surface area contributed by atoms with E-state index in [1.54, 1.807) is 0 Å². The molecule has 2 heteroatoms. The minimum absolute atomic E-state index is 0.0310. The first-order valence-corrected chi connectivity index (χ1v) is 5.43. The van der Waals surface area contributed by atoms with Gasteiger partial charge < -0.3 is 0 Å². The largest absolute Gasteiger partial charge is 0.299 e. The van der Waals surface area contributed by atoms with Gasteiger partial charge in [0, 0.05) is 24.2 Å². The summed E-state index contributed by atoms with van der Waals surface area (Å²) in [6.45, 7) is 1.90. The van der Waals surface area contributed by atoms with Crippen LogP contribution in [0.1, 0.15) is 19.8 Å². The van der Waals surface area contributed by atoms with Crippen molar-refractivity contribution < 1.29 is 9.59 Å². The molecule has 0 aromatic rings. The predicted octanol–water partition coefficient (Wildman–Crippen LogP) is 1.60. The lowest BCUT2D eigenvalue weighted by Gasteiger charge is -2.33. The molecule has 0 aromatic heterocycles. The summed E-state index contributed by atoms with van der Waals surface area (Å²) in [5, 5.41) is 0. The van der Waals surface area contributed by atoms with Crippen LogP contribution in [0.15, 0.2) is 12.2 Å². The van der Waals surface area contributed by atoms with E-state index < -0.39 is 0 Å². The quantitative estimate of drug-likeness (QED) is 0.544. The maximum Gasteiger partial charge on any atom is 0.140 e. The highest BCUT2D eigenvalue weighted by Crippen LogP contribution is 2.52. The summed E-state index contributed by atoms with van der Waals surface area (Å²) < 4.78 is 0. The van der Waals surface area contributed by atoms with E-state index in [1.165, 1.54) is 0 Å². The third-order valence-corrected chi connectivity index (χ3v) is 4.15. The molecular weight excluding hydrogens is 176 g/mol. The lowest BCUT2D eigenvalue weighted by molar-refractivity contribution is -0.141. The average molecular weight is 190 g/mol. The zero-order valence-corrected chi connectivity index (χ0v) is 8.27. The molecule has 2 fully saturated rings. The number of carbonyl (C=O) groups is 2. The Balaban J connectivity index is 2.02. The van der Waals surface area contributed by atoms with Crippen LogP contribution < -0.4 is 0 Å². The number of fused-ring (bicyclic) bond motifs is 5. The summed E-state index contributed by atoms with van der Waals surface area (Å²) in [6.07, 6.45) is 5.82. The third-order valence-electron chi connectivity index (χ3n) is 4.15. The van der Waals surface area contributed by atoms with Crippen LogP contribution in [0.25, 0.3) is 0 Å². The van der Waals surface area contributed by atoms with Crippen molar-refractivity contribution in [3.05, 3.63) is 12.2 Å². The lowest BCUT2D eigenvalue weighted by Crippen LogP contribution is -2.42. The summed E-state index contributed by atoms with van der Waals surface area (Å²) in [5.74, 6) is 1.50. The standard InChI is InChI=1S/C12H14O2/c1-6-4-9(13)10-7-2-3-8(5-7)11(10)12(6)14/h2-3,6-8,10-11H,4-5H2,1H3/t6?,7-,8+,10?,11?/m0/s1. The van der Waals surface area contributed by atoms with Crippen LogP contribution in [-0.2, 0) is 9.59 Å². The third kappa shape index (κ3) is 0.865. The second-order valence-electron chi connectivity index (χ2n) is 4.97. The van der Waals surface area contributed by atoms with E-state index in [0.717, 1.165) is 6.42 Å². The Kier molecular flexibility index (Phi) is 1.53. The fourth-order valence-electron chi connectivity index (χ4n) is 3.52. The number of carbonyl (C=O) groups excluding carboxylic acids is 2. The molecular formula is C12H14O2. The van der Waals surface area contributed by atoms with Gasteiger partial charge >= 0.3 is 0 Å². The number of Topliss-reactive ketones (excluding diaryl/α,β-unsaturated/α-hetero) is 2. The molecule has 2 nitrogen and oxygen atoms in total. The highest BCUT2D eigenvalue weighted by Gasteiger charge is 2.54. The predicted molar refractivity (Wildman–Crippen MR) is 51.5 cm³/mol. The smallest absolute Gasteiger partial charge is 0.140 e. The second kappa shape index (κ2) is 2.56. The van der Waals surface area contributed by atoms with Gasteiger partial charge in [-0.05, 0) is 18.3 Å². The zero-order valence-electron chi connectivity index (χ0n) is 8.27. The van der Waals surface area contributed by atoms with E-state index in [0.29, 0.717) is 29.8 Å². The van der Waals surface area contributed by atoms with Gasteiger partial charge in [-0.1, -0.05) is 19.1 Å². The number of hydrogen-bond acceptors (Lipinski definition) is 2. The maximum absolute atomic E-state index is 12.0. The van der Waals surface area contributed by atoms with Gasteiger partial charge in [-0.2, -0.15) is 0 Å². The van der Waals surface area contributed by atoms with Crippen molar-refractivity contribution in [1.82, 2.24) is 0 Å². The molecule has 0 amide bonds. The summed E-state index contributed by atoms with van der Waals surface area (Å²) in [4.78, 5) is 23.8. The number of rotatable bonds is 0. The van der Waals surface area contributed by atoms with Crippen molar-refractivity contribution in [3.8, 4) is 0 Å². The molecule has 0 spiro atoms. The fraction of sp³-hybridized carbons (Fsp3) is 0.667. The van der Waals surface area contributed by atoms with Gasteiger partial charge in [0.05, 0.1) is 0 Å². The topological polar surface area (TPSA) is 34.1 Å². The highest BCUT2D eigenvalue weighted by molar-refractivity contribution is 5.99. The van der Waals surface area contributed by atoms with Crippen LogP contribution in [0.5, 0.6) is 0 Å². The van der Waals surface area contributed by atoms with E-state index >= 15 is 0 Å². The van der Waals surface area contributed by atoms with Crippen LogP contribution in [0, 0.1) is 29.6 Å². The first-order chi connectivity index (χ1) is 6.68. The number of allylic oxidation sites excluding steroid dienone is 2. The van der Waals surface area contributed by atoms with Crippen LogP contribution in [-0.4, -0.2) is 11.6 Å². The zero-order chi connectivity index (χ0) is 9.87. The van der Waals surface area contributed by atoms with Crippen molar-refractivity contribution in [2.75, 3.05) is 0 Å². The molecule has 0 heterocycles. The van der Waals surface area contributed by atoms with Gasteiger partial charge in [-0.25, -0.2) is 0 Å². The Morgan fingerprint density at radius 3 is 2.50 bits per heavy atom. The number of ketones is 2. The van der Waals surface area contributed by atoms with E-state index in [-0.39, 0.29) is 17.8 Å². The molecule has 5 atom stereocenters. The molecule has 0 radical (unpaired) electrons. The molecule has 0 N–H and O–H groups in total. The maximum atomic E-state index is 12.0. The summed E-state index contributed by atoms with van der Waals surface area (Å²) in [7, 11) is 0. The van der Waals surface area contributed by atoms with E-state index in [2.05, 4.69) is 12.2 Å². The molecule has 2 saturated carbocycles. The van der Waals surface area contributed by atoms with Crippen molar-refractivity contribution in [1.29, 1.82) is 0 Å². The number of hydrogen-bond donors (Lipinski definition) is 0. The van der Waals surface area contributed by atoms with E-state index in [1.807, 2.05) is 6.92 Å². The van der Waals surface area contributed by atoms with Crippen LogP contribution in [0.3, 0.4) is 0 Å². The Morgan fingerprint density at radius 2 is 1.79 bits per heavy atom. The minimum Gasteiger partial charge on any atom is -0.299 e. The van der Waals surface area contributed by atoms with Gasteiger partial charge in [-0.3, -0.25) is 9.59 Å². The molecule has 3 unspecified atom stereocenters. The van der Waals surface area contributed by atoms with Crippen molar-refractivity contribution in [3.63, 3.8) is 0 Å². The van der Waals surface area contributed by atoms with Gasteiger partial charge in [0.25, 0.3) is 0 Å². The normalized spacial score (nSPS) is 49.9. The minimum atomic E-state index is -0.0310. The van der Waals surface area contributed by atoms with Gasteiger partial charge in [-0.15, -0.1) is 0 Å². The first kappa shape index (κ1) is 8.39. The molecule has 3 aliphatic rings. The van der Waals surface area contributed by atoms with Crippen LogP contribution in [0.4, 0.5) is 0 Å². The fourth-order valence-corrected chi connectivity index (χ4v) is 3.52. The average Bonchev–Trinajstić information content (AvgIpc) is 2.73. The molecule has 0 saturated heterocycles. The molecule has 0 aliphatic heterocycles. The van der Waals surface area contributed by atoms with Gasteiger partial charge in [0.2, 0.25) is 0 Å². The molecule has 14 heavy (non-hydrogen) atoms. The summed E-state index contributed by atoms with van der Waals surface area (Å²) >= 11 is 0. The van der Waals surface area contributed by atoms with E-state index in [4.69, 9.17) is 0 Å². The molecule has 74 valence electrons. The SMILES string of the molecule is CC1CC(=O)C2C(C1=O)[C@@H]1C=C[C@H]2C1. The second-order valence-corrected chi connectivity index (χ2v) is 4.97. The Bertz CT molecular complexity index is 342. The van der Waals surface area contributed by atoms with Crippen molar-refractivity contribution >= 4 is 11.6 Å². The first-order valence-electron chi connectivity index (χ1n) is 5.43. The molecule has 3 rings (SSSR count). The van der Waals surface area contributed by atoms with Crippen LogP contribution >= 0.6 is 0 Å². The van der Waals surface area contributed by atoms with Gasteiger partial charge in [0.1, 0.15) is 11.6 Å². The van der Waals surface area contributed by atoms with Crippen LogP contribution in [0.2, 0.25) is 0 Å². The molecule has 3 aliphatic carbocycles. The Morgan fingerprint density at radius 1 is 1.14 bits per heavy atom. The van der Waals surface area contributed by atoms with E-state index in [9.17, 15) is 9.59 Å². The van der Waals surface area contributed by atoms with Crippen molar-refractivity contribution in [2.45, 2.75) is 19.8 Å². The molecule has 2 bridgehead atoms.